The third-order valence-electron chi connectivity index (χ3n) is 3.37. The predicted molar refractivity (Wildman–Crippen MR) is 76.2 cm³/mol. The van der Waals surface area contributed by atoms with Gasteiger partial charge in [-0.1, -0.05) is 0 Å². The summed E-state index contributed by atoms with van der Waals surface area (Å²) in [4.78, 5) is 11.7. The Morgan fingerprint density at radius 2 is 2.05 bits per heavy atom. The highest BCUT2D eigenvalue weighted by atomic mass is 32.2. The summed E-state index contributed by atoms with van der Waals surface area (Å²) < 4.78 is 31.7. The molecule has 1 aliphatic rings. The molecule has 1 heterocycles. The largest absolute Gasteiger partial charge is 0.465 e. The Balaban J connectivity index is 2.06. The number of ether oxygens (including phenoxy) is 1. The number of carbonyl (C=O) groups excluding carboxylic acids is 1. The molecule has 20 heavy (non-hydrogen) atoms. The molecular formula is C12H18N2O4S2. The van der Waals surface area contributed by atoms with Gasteiger partial charge in [0.1, 0.15) is 4.88 Å². The molecule has 0 saturated heterocycles. The Labute approximate surface area is 122 Å². The van der Waals surface area contributed by atoms with Crippen LogP contribution in [0.3, 0.4) is 0 Å². The molecule has 0 radical (unpaired) electrons. The second-order valence-corrected chi connectivity index (χ2v) is 7.50. The van der Waals surface area contributed by atoms with Gasteiger partial charge in [-0.15, -0.1) is 11.3 Å². The van der Waals surface area contributed by atoms with Crippen molar-refractivity contribution in [2.45, 2.75) is 42.7 Å². The third kappa shape index (κ3) is 3.57. The number of hydrogen-bond acceptors (Lipinski definition) is 6. The fraction of sp³-hybridized carbons (Fsp3) is 0.583. The molecule has 6 nitrogen and oxygen atoms in total. The monoisotopic (exact) mass is 318 g/mol. The zero-order valence-corrected chi connectivity index (χ0v) is 12.8. The van der Waals surface area contributed by atoms with E-state index in [1.54, 1.807) is 0 Å². The molecule has 1 aromatic rings. The van der Waals surface area contributed by atoms with Gasteiger partial charge in [0.25, 0.3) is 0 Å². The van der Waals surface area contributed by atoms with Crippen molar-refractivity contribution in [1.82, 2.24) is 4.72 Å². The molecule has 112 valence electrons. The van der Waals surface area contributed by atoms with Crippen LogP contribution < -0.4 is 10.5 Å². The molecule has 1 fully saturated rings. The number of rotatable bonds is 4. The van der Waals surface area contributed by atoms with Gasteiger partial charge in [-0.3, -0.25) is 0 Å². The molecule has 0 bridgehead atoms. The van der Waals surface area contributed by atoms with Crippen molar-refractivity contribution in [1.29, 1.82) is 0 Å². The smallest absolute Gasteiger partial charge is 0.348 e. The Morgan fingerprint density at radius 1 is 1.40 bits per heavy atom. The first-order valence-electron chi connectivity index (χ1n) is 6.37. The Morgan fingerprint density at radius 3 is 2.65 bits per heavy atom. The third-order valence-corrected chi connectivity index (χ3v) is 5.93. The van der Waals surface area contributed by atoms with Crippen LogP contribution in [0.15, 0.2) is 16.3 Å². The number of carbonyl (C=O) groups is 1. The van der Waals surface area contributed by atoms with E-state index in [1.807, 2.05) is 0 Å². The van der Waals surface area contributed by atoms with Crippen molar-refractivity contribution in [3.63, 3.8) is 0 Å². The summed E-state index contributed by atoms with van der Waals surface area (Å²) in [5.41, 5.74) is 5.80. The number of esters is 1. The maximum atomic E-state index is 12.2. The van der Waals surface area contributed by atoms with E-state index in [0.717, 1.165) is 37.0 Å². The van der Waals surface area contributed by atoms with Gasteiger partial charge in [0, 0.05) is 17.5 Å². The molecule has 1 saturated carbocycles. The highest BCUT2D eigenvalue weighted by molar-refractivity contribution is 7.89. The Kier molecular flexibility index (Phi) is 4.79. The van der Waals surface area contributed by atoms with Crippen molar-refractivity contribution >= 4 is 27.3 Å². The zero-order valence-electron chi connectivity index (χ0n) is 11.2. The van der Waals surface area contributed by atoms with Gasteiger partial charge in [0.05, 0.1) is 12.0 Å². The second kappa shape index (κ2) is 6.21. The molecule has 0 aliphatic heterocycles. The molecule has 8 heteroatoms. The highest BCUT2D eigenvalue weighted by Gasteiger charge is 2.25. The van der Waals surface area contributed by atoms with Crippen LogP contribution in [-0.4, -0.2) is 33.6 Å². The quantitative estimate of drug-likeness (QED) is 0.810. The number of nitrogens with one attached hydrogen (secondary N) is 1. The second-order valence-electron chi connectivity index (χ2n) is 4.87. The highest BCUT2D eigenvalue weighted by Crippen LogP contribution is 2.23. The first-order chi connectivity index (χ1) is 9.42. The lowest BCUT2D eigenvalue weighted by Crippen LogP contribution is -2.40. The van der Waals surface area contributed by atoms with Crippen molar-refractivity contribution < 1.29 is 17.9 Å². The average Bonchev–Trinajstić information content (AvgIpc) is 2.91. The van der Waals surface area contributed by atoms with Crippen molar-refractivity contribution in [2.75, 3.05) is 7.11 Å². The van der Waals surface area contributed by atoms with E-state index in [2.05, 4.69) is 9.46 Å². The zero-order chi connectivity index (χ0) is 14.8. The van der Waals surface area contributed by atoms with E-state index in [1.165, 1.54) is 18.6 Å². The molecule has 3 N–H and O–H groups in total. The van der Waals surface area contributed by atoms with Crippen LogP contribution in [0.5, 0.6) is 0 Å². The molecule has 0 atom stereocenters. The number of thiophene rings is 1. The number of hydrogen-bond donors (Lipinski definition) is 2. The van der Waals surface area contributed by atoms with E-state index in [0.29, 0.717) is 0 Å². The van der Waals surface area contributed by atoms with Gasteiger partial charge in [0.2, 0.25) is 10.0 Å². The van der Waals surface area contributed by atoms with Crippen molar-refractivity contribution in [2.24, 2.45) is 5.73 Å². The fourth-order valence-corrected chi connectivity index (χ4v) is 4.69. The molecule has 0 amide bonds. The van der Waals surface area contributed by atoms with Crippen LogP contribution in [0.2, 0.25) is 0 Å². The summed E-state index contributed by atoms with van der Waals surface area (Å²) in [6.07, 6.45) is 3.14. The lowest BCUT2D eigenvalue weighted by atomic mass is 9.93. The van der Waals surface area contributed by atoms with Crippen LogP contribution in [0.25, 0.3) is 0 Å². The van der Waals surface area contributed by atoms with Gasteiger partial charge in [-0.05, 0) is 31.7 Å². The van der Waals surface area contributed by atoms with E-state index >= 15 is 0 Å². The minimum atomic E-state index is -3.59. The van der Waals surface area contributed by atoms with Crippen LogP contribution in [-0.2, 0) is 14.8 Å². The Hall–Kier alpha value is -0.960. The lowest BCUT2D eigenvalue weighted by Gasteiger charge is -2.26. The number of sulfonamides is 1. The molecule has 2 rings (SSSR count). The van der Waals surface area contributed by atoms with Gasteiger partial charge < -0.3 is 10.5 Å². The minimum Gasteiger partial charge on any atom is -0.465 e. The molecule has 1 aliphatic carbocycles. The summed E-state index contributed by atoms with van der Waals surface area (Å²) in [7, 11) is -2.32. The van der Waals surface area contributed by atoms with Crippen LogP contribution in [0.4, 0.5) is 0 Å². The van der Waals surface area contributed by atoms with Crippen LogP contribution in [0.1, 0.15) is 35.4 Å². The summed E-state index contributed by atoms with van der Waals surface area (Å²) >= 11 is 1.06. The maximum absolute atomic E-state index is 12.2. The number of methoxy groups -OCH3 is 1. The average molecular weight is 318 g/mol. The molecule has 0 unspecified atom stereocenters. The number of nitrogens with two attached hydrogens (primary N) is 1. The van der Waals surface area contributed by atoms with Crippen molar-refractivity contribution in [3.05, 3.63) is 16.3 Å². The van der Waals surface area contributed by atoms with E-state index in [9.17, 15) is 13.2 Å². The standard InChI is InChI=1S/C12H18N2O4S2/c1-18-12(15)11-6-10(7-19-11)20(16,17)14-9-4-2-8(13)3-5-9/h6-9,14H,2-5,13H2,1H3. The SMILES string of the molecule is COC(=O)c1cc(S(=O)(=O)NC2CCC(N)CC2)cs1. The van der Waals surface area contributed by atoms with Gasteiger partial charge in [-0.2, -0.15) is 0 Å². The Bertz CT molecular complexity index is 574. The molecule has 0 spiro atoms. The van der Waals surface area contributed by atoms with Crippen LogP contribution in [0, 0.1) is 0 Å². The lowest BCUT2D eigenvalue weighted by molar-refractivity contribution is 0.0606. The van der Waals surface area contributed by atoms with Crippen molar-refractivity contribution in [3.8, 4) is 0 Å². The first-order valence-corrected chi connectivity index (χ1v) is 8.73. The van der Waals surface area contributed by atoms with Gasteiger partial charge in [0.15, 0.2) is 0 Å². The predicted octanol–water partition coefficient (Wildman–Crippen LogP) is 1.08. The van der Waals surface area contributed by atoms with Gasteiger partial charge >= 0.3 is 5.97 Å². The molecular weight excluding hydrogens is 300 g/mol. The normalized spacial score (nSPS) is 23.5. The van der Waals surface area contributed by atoms with E-state index < -0.39 is 16.0 Å². The molecule has 0 aromatic carbocycles. The summed E-state index contributed by atoms with van der Waals surface area (Å²) in [5.74, 6) is -0.528. The van der Waals surface area contributed by atoms with Crippen LogP contribution >= 0.6 is 11.3 Å². The summed E-state index contributed by atoms with van der Waals surface area (Å²) in [5, 5.41) is 1.45. The minimum absolute atomic E-state index is 0.0822. The fourth-order valence-electron chi connectivity index (χ4n) is 2.19. The van der Waals surface area contributed by atoms with Gasteiger partial charge in [-0.25, -0.2) is 17.9 Å². The molecule has 1 aromatic heterocycles. The maximum Gasteiger partial charge on any atom is 0.348 e. The van der Waals surface area contributed by atoms with E-state index in [-0.39, 0.29) is 21.9 Å². The first kappa shape index (κ1) is 15.4. The topological polar surface area (TPSA) is 98.5 Å². The summed E-state index contributed by atoms with van der Waals surface area (Å²) in [6.45, 7) is 0. The van der Waals surface area contributed by atoms with E-state index in [4.69, 9.17) is 5.73 Å². The summed E-state index contributed by atoms with van der Waals surface area (Å²) in [6, 6.07) is 1.43.